The first-order chi connectivity index (χ1) is 26.0. The lowest BCUT2D eigenvalue weighted by Gasteiger charge is -2.37. The highest BCUT2D eigenvalue weighted by molar-refractivity contribution is 6.71. The van der Waals surface area contributed by atoms with Gasteiger partial charge in [-0.15, -0.1) is 0 Å². The van der Waals surface area contributed by atoms with Gasteiger partial charge in [0.05, 0.1) is 48.8 Å². The highest BCUT2D eigenvalue weighted by Gasteiger charge is 2.66. The van der Waals surface area contributed by atoms with Gasteiger partial charge in [-0.1, -0.05) is 91.9 Å². The van der Waals surface area contributed by atoms with Gasteiger partial charge < -0.3 is 24.4 Å². The second-order valence-electron chi connectivity index (χ2n) is 15.6. The van der Waals surface area contributed by atoms with Crippen LogP contribution < -0.4 is 9.91 Å². The first-order valence-electron chi connectivity index (χ1n) is 18.8. The van der Waals surface area contributed by atoms with Crippen molar-refractivity contribution in [2.24, 2.45) is 11.0 Å². The van der Waals surface area contributed by atoms with E-state index in [9.17, 15) is 24.3 Å². The van der Waals surface area contributed by atoms with Crippen molar-refractivity contribution < 1.29 is 29.0 Å². The minimum Gasteiger partial charge on any atom is -0.432 e. The zero-order valence-corrected chi connectivity index (χ0v) is 31.9. The van der Waals surface area contributed by atoms with Crippen LogP contribution >= 0.6 is 0 Å². The van der Waals surface area contributed by atoms with Crippen molar-refractivity contribution in [3.8, 4) is 0 Å². The van der Waals surface area contributed by atoms with Crippen molar-refractivity contribution in [1.29, 1.82) is 0 Å². The van der Waals surface area contributed by atoms with Crippen LogP contribution in [0.5, 0.6) is 0 Å². The Morgan fingerprint density at radius 2 is 1.59 bits per heavy atom. The molecule has 4 aliphatic heterocycles. The number of benzene rings is 4. The third-order valence-corrected chi connectivity index (χ3v) is 14.3. The topological polar surface area (TPSA) is 123 Å². The Labute approximate surface area is 316 Å². The zero-order chi connectivity index (χ0) is 37.8. The lowest BCUT2D eigenvalue weighted by atomic mass is 9.82. The van der Waals surface area contributed by atoms with Gasteiger partial charge in [0.2, 0.25) is 11.8 Å². The van der Waals surface area contributed by atoms with E-state index in [0.717, 1.165) is 39.2 Å². The van der Waals surface area contributed by atoms with Gasteiger partial charge in [0.1, 0.15) is 0 Å². The van der Waals surface area contributed by atoms with Gasteiger partial charge in [0, 0.05) is 36.4 Å². The van der Waals surface area contributed by atoms with Gasteiger partial charge in [-0.25, -0.2) is 5.01 Å². The second kappa shape index (κ2) is 14.0. The number of carbonyl (C=O) groups excluding carboxylic acids is 3. The van der Waals surface area contributed by atoms with Crippen molar-refractivity contribution in [1.82, 2.24) is 4.90 Å². The SMILES string of the molecule is C[C@H]1[C@H]([Si](C)(C)O)[C@@H](CC(=O)N2Cc3ccccc3C[C@H]2CO)O[C@]12C(=O)N(Cc1ccc(N3N=C(c4ccccc4)CCC3=O)cc1)c1ccccc12. The van der Waals surface area contributed by atoms with E-state index in [1.807, 2.05) is 123 Å². The Morgan fingerprint density at radius 1 is 0.907 bits per heavy atom. The quantitative estimate of drug-likeness (QED) is 0.217. The molecule has 4 aromatic carbocycles. The van der Waals surface area contributed by atoms with Crippen LogP contribution in [0.3, 0.4) is 0 Å². The summed E-state index contributed by atoms with van der Waals surface area (Å²) in [6.07, 6.45) is 0.802. The third kappa shape index (κ3) is 6.18. The van der Waals surface area contributed by atoms with E-state index in [0.29, 0.717) is 31.5 Å². The van der Waals surface area contributed by atoms with Crippen LogP contribution in [0, 0.1) is 5.92 Å². The van der Waals surface area contributed by atoms with Gasteiger partial charge in [-0.2, -0.15) is 5.10 Å². The van der Waals surface area contributed by atoms with Crippen LogP contribution in [0.25, 0.3) is 0 Å². The van der Waals surface area contributed by atoms with E-state index in [4.69, 9.17) is 9.84 Å². The van der Waals surface area contributed by atoms with Crippen LogP contribution in [0.4, 0.5) is 11.4 Å². The number of amides is 3. The number of hydrogen-bond acceptors (Lipinski definition) is 7. The van der Waals surface area contributed by atoms with Crippen LogP contribution in [0.2, 0.25) is 18.6 Å². The Morgan fingerprint density at radius 3 is 2.31 bits per heavy atom. The summed E-state index contributed by atoms with van der Waals surface area (Å²) in [5, 5.41) is 16.5. The van der Waals surface area contributed by atoms with E-state index in [2.05, 4.69) is 0 Å². The fourth-order valence-corrected chi connectivity index (χ4v) is 11.8. The number of hydrogen-bond donors (Lipinski definition) is 2. The predicted octanol–water partition coefficient (Wildman–Crippen LogP) is 5.90. The smallest absolute Gasteiger partial charge is 0.264 e. The maximum Gasteiger partial charge on any atom is 0.264 e. The molecule has 0 aromatic heterocycles. The molecule has 0 aliphatic carbocycles. The zero-order valence-electron chi connectivity index (χ0n) is 30.9. The van der Waals surface area contributed by atoms with Crippen molar-refractivity contribution in [2.45, 2.75) is 82.1 Å². The maximum atomic E-state index is 14.9. The molecule has 1 fully saturated rings. The van der Waals surface area contributed by atoms with Crippen LogP contribution in [0.15, 0.2) is 108 Å². The van der Waals surface area contributed by atoms with Crippen LogP contribution in [0.1, 0.15) is 54.0 Å². The predicted molar refractivity (Wildman–Crippen MR) is 209 cm³/mol. The summed E-state index contributed by atoms with van der Waals surface area (Å²) in [6.45, 7) is 6.17. The van der Waals surface area contributed by atoms with Crippen molar-refractivity contribution in [3.05, 3.63) is 131 Å². The van der Waals surface area contributed by atoms with E-state index in [1.54, 1.807) is 9.80 Å². The second-order valence-corrected chi connectivity index (χ2v) is 19.6. The van der Waals surface area contributed by atoms with E-state index in [1.165, 1.54) is 5.01 Å². The monoisotopic (exact) mass is 742 g/mol. The Hall–Kier alpha value is -4.94. The van der Waals surface area contributed by atoms with Crippen LogP contribution in [-0.2, 0) is 44.2 Å². The lowest BCUT2D eigenvalue weighted by Crippen LogP contribution is -2.48. The number of aliphatic hydroxyl groups is 1. The number of nitrogens with zero attached hydrogens (tertiary/aromatic N) is 4. The van der Waals surface area contributed by atoms with Gasteiger partial charge >= 0.3 is 0 Å². The summed E-state index contributed by atoms with van der Waals surface area (Å²) >= 11 is 0. The molecular formula is C43H46N4O6Si. The molecule has 0 saturated carbocycles. The van der Waals surface area contributed by atoms with Gasteiger partial charge in [0.15, 0.2) is 13.9 Å². The average Bonchev–Trinajstić information content (AvgIpc) is 3.61. The molecule has 278 valence electrons. The van der Waals surface area contributed by atoms with Gasteiger partial charge in [-0.3, -0.25) is 14.4 Å². The molecule has 2 N–H and O–H groups in total. The molecule has 54 heavy (non-hydrogen) atoms. The number of ether oxygens (including phenoxy) is 1. The van der Waals surface area contributed by atoms with Crippen molar-refractivity contribution >= 4 is 43.1 Å². The van der Waals surface area contributed by atoms with Gasteiger partial charge in [0.25, 0.3) is 5.91 Å². The fraction of sp³-hybridized carbons (Fsp3) is 0.349. The molecule has 5 atom stereocenters. The number of carbonyl (C=O) groups is 3. The summed E-state index contributed by atoms with van der Waals surface area (Å²) in [5.74, 6) is -0.873. The summed E-state index contributed by atoms with van der Waals surface area (Å²) in [6, 6.07) is 32.7. The van der Waals surface area contributed by atoms with Gasteiger partial charge in [-0.05, 0) is 60.0 Å². The summed E-state index contributed by atoms with van der Waals surface area (Å²) < 4.78 is 6.94. The Balaban J connectivity index is 1.06. The molecule has 1 saturated heterocycles. The normalized spacial score (nSPS) is 25.2. The number of hydrazone groups is 1. The average molecular weight is 743 g/mol. The fourth-order valence-electron chi connectivity index (χ4n) is 9.24. The first-order valence-corrected chi connectivity index (χ1v) is 21.9. The Kier molecular flexibility index (Phi) is 9.37. The minimum atomic E-state index is -3.00. The molecule has 10 nitrogen and oxygen atoms in total. The maximum absolute atomic E-state index is 14.9. The third-order valence-electron chi connectivity index (χ3n) is 11.8. The standard InChI is InChI=1S/C43H46N4O6Si/c1-28-41(54(2,3)52)38(24-40(50)45-26-32-14-8-7-13-31(32)23-34(45)27-48)53-43(28)35-15-9-10-16-37(35)46(42(43)51)25-29-17-19-33(20-18-29)47-39(49)22-21-36(44-47)30-11-5-4-6-12-30/h4-20,28,34,38,41,48,52H,21-27H2,1-3H3/t28-,34-,38+,41-,43+/m0/s1. The molecule has 1 spiro atoms. The molecule has 8 rings (SSSR count). The molecule has 0 unspecified atom stereocenters. The summed E-state index contributed by atoms with van der Waals surface area (Å²) in [7, 11) is -3.00. The molecule has 4 aromatic rings. The summed E-state index contributed by atoms with van der Waals surface area (Å²) in [4.78, 5) is 57.2. The van der Waals surface area contributed by atoms with E-state index >= 15 is 0 Å². The molecule has 4 heterocycles. The highest BCUT2D eigenvalue weighted by atomic mass is 28.4. The number of rotatable bonds is 8. The number of aliphatic hydroxyl groups excluding tert-OH is 1. The summed E-state index contributed by atoms with van der Waals surface area (Å²) in [5.41, 5.74) is 5.22. The first kappa shape index (κ1) is 36.1. The van der Waals surface area contributed by atoms with Crippen molar-refractivity contribution in [3.63, 3.8) is 0 Å². The lowest BCUT2D eigenvalue weighted by molar-refractivity contribution is -0.151. The molecular weight excluding hydrogens is 697 g/mol. The van der Waals surface area contributed by atoms with Crippen molar-refractivity contribution in [2.75, 3.05) is 16.5 Å². The molecule has 3 amide bonds. The largest absolute Gasteiger partial charge is 0.432 e. The van der Waals surface area contributed by atoms with E-state index in [-0.39, 0.29) is 43.3 Å². The molecule has 0 bridgehead atoms. The number of anilines is 2. The number of fused-ring (bicyclic) bond motifs is 3. The molecule has 4 aliphatic rings. The molecule has 0 radical (unpaired) electrons. The Bertz CT molecular complexity index is 2120. The molecule has 11 heteroatoms. The minimum absolute atomic E-state index is 0.00693. The number of para-hydroxylation sites is 1. The van der Waals surface area contributed by atoms with Crippen LogP contribution in [-0.4, -0.2) is 65.3 Å². The highest BCUT2D eigenvalue weighted by Crippen LogP contribution is 2.59. The van der Waals surface area contributed by atoms with E-state index < -0.39 is 31.5 Å².